The molecule has 0 saturated heterocycles. The van der Waals surface area contributed by atoms with E-state index in [1.807, 2.05) is 12.1 Å². The van der Waals surface area contributed by atoms with Gasteiger partial charge >= 0.3 is 0 Å². The number of benzene rings is 2. The first-order chi connectivity index (χ1) is 10.4. The first kappa shape index (κ1) is 13.4. The van der Waals surface area contributed by atoms with Crippen LogP contribution in [0.5, 0.6) is 0 Å². The van der Waals surface area contributed by atoms with Crippen LogP contribution >= 0.6 is 0 Å². The zero-order valence-electron chi connectivity index (χ0n) is 12.1. The SMILES string of the molecule is CCNc1n[nH]c(Cc2ccccc2)c1-c1ccccc1. The van der Waals surface area contributed by atoms with Gasteiger partial charge in [-0.1, -0.05) is 60.7 Å². The molecule has 0 amide bonds. The minimum Gasteiger partial charge on any atom is -0.368 e. The van der Waals surface area contributed by atoms with Gasteiger partial charge in [-0.05, 0) is 18.1 Å². The second-order valence-corrected chi connectivity index (χ2v) is 4.98. The van der Waals surface area contributed by atoms with Gasteiger partial charge in [-0.2, -0.15) is 5.10 Å². The zero-order chi connectivity index (χ0) is 14.5. The molecule has 0 aliphatic carbocycles. The predicted molar refractivity (Wildman–Crippen MR) is 87.4 cm³/mol. The number of nitrogens with one attached hydrogen (secondary N) is 2. The summed E-state index contributed by atoms with van der Waals surface area (Å²) in [6, 6.07) is 20.9. The highest BCUT2D eigenvalue weighted by Crippen LogP contribution is 2.30. The molecule has 106 valence electrons. The number of aromatic amines is 1. The van der Waals surface area contributed by atoms with Crippen LogP contribution in [0.25, 0.3) is 11.1 Å². The van der Waals surface area contributed by atoms with Crippen molar-refractivity contribution in [3.05, 3.63) is 71.9 Å². The molecule has 2 aromatic carbocycles. The molecule has 0 bridgehead atoms. The number of hydrogen-bond donors (Lipinski definition) is 2. The molecule has 1 aromatic heterocycles. The smallest absolute Gasteiger partial charge is 0.155 e. The maximum Gasteiger partial charge on any atom is 0.155 e. The molecule has 0 atom stereocenters. The standard InChI is InChI=1S/C18H19N3/c1-2-19-18-17(15-11-7-4-8-12-15)16(20-21-18)13-14-9-5-3-6-10-14/h3-12H,2,13H2,1H3,(H2,19,20,21). The van der Waals surface area contributed by atoms with E-state index < -0.39 is 0 Å². The Labute approximate surface area is 125 Å². The summed E-state index contributed by atoms with van der Waals surface area (Å²) >= 11 is 0. The molecule has 0 radical (unpaired) electrons. The summed E-state index contributed by atoms with van der Waals surface area (Å²) < 4.78 is 0. The van der Waals surface area contributed by atoms with Gasteiger partial charge in [-0.15, -0.1) is 0 Å². The van der Waals surface area contributed by atoms with Crippen molar-refractivity contribution in [2.24, 2.45) is 0 Å². The fourth-order valence-electron chi connectivity index (χ4n) is 2.52. The average molecular weight is 277 g/mol. The molecule has 3 rings (SSSR count). The molecule has 3 aromatic rings. The summed E-state index contributed by atoms with van der Waals surface area (Å²) in [4.78, 5) is 0. The number of nitrogens with zero attached hydrogens (tertiary/aromatic N) is 1. The molecule has 3 nitrogen and oxygen atoms in total. The largest absolute Gasteiger partial charge is 0.368 e. The average Bonchev–Trinajstić information content (AvgIpc) is 2.92. The van der Waals surface area contributed by atoms with Crippen LogP contribution in [0.1, 0.15) is 18.2 Å². The van der Waals surface area contributed by atoms with Gasteiger partial charge in [-0.3, -0.25) is 5.10 Å². The maximum absolute atomic E-state index is 4.44. The number of anilines is 1. The van der Waals surface area contributed by atoms with Crippen molar-refractivity contribution in [3.8, 4) is 11.1 Å². The third-order valence-corrected chi connectivity index (χ3v) is 3.47. The predicted octanol–water partition coefficient (Wildman–Crippen LogP) is 4.10. The van der Waals surface area contributed by atoms with E-state index in [1.165, 1.54) is 16.7 Å². The number of aromatic nitrogens is 2. The van der Waals surface area contributed by atoms with E-state index in [0.717, 1.165) is 24.5 Å². The van der Waals surface area contributed by atoms with Gasteiger partial charge in [0.15, 0.2) is 5.82 Å². The number of hydrogen-bond acceptors (Lipinski definition) is 2. The second kappa shape index (κ2) is 6.27. The minimum absolute atomic E-state index is 0.851. The fraction of sp³-hybridized carbons (Fsp3) is 0.167. The topological polar surface area (TPSA) is 40.7 Å². The summed E-state index contributed by atoms with van der Waals surface area (Å²) in [5.74, 6) is 0.926. The fourth-order valence-corrected chi connectivity index (χ4v) is 2.52. The Kier molecular flexibility index (Phi) is 4.01. The van der Waals surface area contributed by atoms with Gasteiger partial charge in [-0.25, -0.2) is 0 Å². The van der Waals surface area contributed by atoms with E-state index in [2.05, 4.69) is 71.0 Å². The van der Waals surface area contributed by atoms with E-state index in [-0.39, 0.29) is 0 Å². The monoisotopic (exact) mass is 277 g/mol. The normalized spacial score (nSPS) is 10.5. The second-order valence-electron chi connectivity index (χ2n) is 4.98. The van der Waals surface area contributed by atoms with E-state index >= 15 is 0 Å². The maximum atomic E-state index is 4.44. The molecule has 1 heterocycles. The first-order valence-electron chi connectivity index (χ1n) is 7.29. The molecule has 0 fully saturated rings. The van der Waals surface area contributed by atoms with Crippen LogP contribution in [0.3, 0.4) is 0 Å². The van der Waals surface area contributed by atoms with Gasteiger partial charge in [0.1, 0.15) is 0 Å². The first-order valence-corrected chi connectivity index (χ1v) is 7.29. The summed E-state index contributed by atoms with van der Waals surface area (Å²) in [6.07, 6.45) is 0.851. The van der Waals surface area contributed by atoms with Crippen molar-refractivity contribution in [2.45, 2.75) is 13.3 Å². The van der Waals surface area contributed by atoms with Crippen molar-refractivity contribution >= 4 is 5.82 Å². The van der Waals surface area contributed by atoms with E-state index in [9.17, 15) is 0 Å². The Hall–Kier alpha value is -2.55. The molecular formula is C18H19N3. The minimum atomic E-state index is 0.851. The summed E-state index contributed by atoms with van der Waals surface area (Å²) in [6.45, 7) is 2.94. The number of H-pyrrole nitrogens is 1. The Balaban J connectivity index is 2.01. The van der Waals surface area contributed by atoms with Crippen LogP contribution in [0, 0.1) is 0 Å². The van der Waals surface area contributed by atoms with E-state index in [0.29, 0.717) is 0 Å². The van der Waals surface area contributed by atoms with Crippen LogP contribution in [-0.4, -0.2) is 16.7 Å². The molecule has 3 heteroatoms. The highest BCUT2D eigenvalue weighted by molar-refractivity contribution is 5.77. The van der Waals surface area contributed by atoms with Crippen LogP contribution in [0.15, 0.2) is 60.7 Å². The Morgan fingerprint density at radius 1 is 0.952 bits per heavy atom. The van der Waals surface area contributed by atoms with Crippen molar-refractivity contribution in [1.29, 1.82) is 0 Å². The molecule has 0 aliphatic heterocycles. The van der Waals surface area contributed by atoms with Crippen LogP contribution in [0.4, 0.5) is 5.82 Å². The van der Waals surface area contributed by atoms with Crippen LogP contribution in [-0.2, 0) is 6.42 Å². The van der Waals surface area contributed by atoms with Crippen molar-refractivity contribution < 1.29 is 0 Å². The Morgan fingerprint density at radius 2 is 1.62 bits per heavy atom. The lowest BCUT2D eigenvalue weighted by Gasteiger charge is -2.07. The lowest BCUT2D eigenvalue weighted by molar-refractivity contribution is 0.992. The van der Waals surface area contributed by atoms with Gasteiger partial charge < -0.3 is 5.32 Å². The molecule has 21 heavy (non-hydrogen) atoms. The Bertz CT molecular complexity index is 687. The molecule has 0 spiro atoms. The van der Waals surface area contributed by atoms with Gasteiger partial charge in [0, 0.05) is 24.2 Å². The summed E-state index contributed by atoms with van der Waals surface area (Å²) in [5.41, 5.74) is 4.78. The summed E-state index contributed by atoms with van der Waals surface area (Å²) in [5, 5.41) is 11.0. The van der Waals surface area contributed by atoms with Gasteiger partial charge in [0.05, 0.1) is 0 Å². The van der Waals surface area contributed by atoms with E-state index in [4.69, 9.17) is 0 Å². The van der Waals surface area contributed by atoms with Crippen molar-refractivity contribution in [2.75, 3.05) is 11.9 Å². The summed E-state index contributed by atoms with van der Waals surface area (Å²) in [7, 11) is 0. The van der Waals surface area contributed by atoms with Crippen LogP contribution in [0.2, 0.25) is 0 Å². The van der Waals surface area contributed by atoms with Crippen molar-refractivity contribution in [3.63, 3.8) is 0 Å². The lowest BCUT2D eigenvalue weighted by atomic mass is 10.0. The third-order valence-electron chi connectivity index (χ3n) is 3.47. The van der Waals surface area contributed by atoms with Crippen molar-refractivity contribution in [1.82, 2.24) is 10.2 Å². The molecule has 0 unspecified atom stereocenters. The van der Waals surface area contributed by atoms with Gasteiger partial charge in [0.25, 0.3) is 0 Å². The molecular weight excluding hydrogens is 258 g/mol. The number of rotatable bonds is 5. The zero-order valence-corrected chi connectivity index (χ0v) is 12.1. The quantitative estimate of drug-likeness (QED) is 0.737. The molecule has 2 N–H and O–H groups in total. The Morgan fingerprint density at radius 3 is 2.29 bits per heavy atom. The molecule has 0 saturated carbocycles. The lowest BCUT2D eigenvalue weighted by Crippen LogP contribution is -1.98. The highest BCUT2D eigenvalue weighted by Gasteiger charge is 2.14. The van der Waals surface area contributed by atoms with Gasteiger partial charge in [0.2, 0.25) is 0 Å². The molecule has 0 aliphatic rings. The third kappa shape index (κ3) is 2.97. The van der Waals surface area contributed by atoms with E-state index in [1.54, 1.807) is 0 Å². The van der Waals surface area contributed by atoms with Crippen LogP contribution < -0.4 is 5.32 Å². The highest BCUT2D eigenvalue weighted by atomic mass is 15.2.